The molecule has 0 aromatic heterocycles. The maximum Gasteiger partial charge on any atom is 0.272 e. The van der Waals surface area contributed by atoms with Crippen molar-refractivity contribution in [2.45, 2.75) is 24.9 Å². The molecule has 4 aromatic rings. The third kappa shape index (κ3) is 8.58. The lowest BCUT2D eigenvalue weighted by Crippen LogP contribution is -2.49. The molecular formula is C36H36Cl3N5O3. The lowest BCUT2D eigenvalue weighted by molar-refractivity contribution is -0.128. The van der Waals surface area contributed by atoms with Gasteiger partial charge in [0.25, 0.3) is 5.91 Å². The highest BCUT2D eigenvalue weighted by atomic mass is 35.5. The van der Waals surface area contributed by atoms with Crippen molar-refractivity contribution >= 4 is 64.7 Å². The number of amides is 3. The molecule has 4 aromatic carbocycles. The van der Waals surface area contributed by atoms with Crippen molar-refractivity contribution in [1.82, 2.24) is 10.2 Å². The molecule has 5 rings (SSSR count). The summed E-state index contributed by atoms with van der Waals surface area (Å²) in [5.41, 5.74) is 9.96. The monoisotopic (exact) mass is 691 g/mol. The average Bonchev–Trinajstić information content (AvgIpc) is 3.15. The van der Waals surface area contributed by atoms with Crippen LogP contribution in [0.4, 0.5) is 5.69 Å². The Morgan fingerprint density at radius 1 is 0.957 bits per heavy atom. The number of carbonyl (C=O) groups is 3. The van der Waals surface area contributed by atoms with Crippen LogP contribution in [0.2, 0.25) is 10.0 Å². The predicted octanol–water partition coefficient (Wildman–Crippen LogP) is 6.12. The van der Waals surface area contributed by atoms with E-state index in [4.69, 9.17) is 33.9 Å². The summed E-state index contributed by atoms with van der Waals surface area (Å²) in [4.78, 5) is 49.0. The van der Waals surface area contributed by atoms with Crippen LogP contribution in [0.25, 0.3) is 0 Å². The minimum Gasteiger partial charge on any atom is -0.366 e. The number of hydrogen-bond donors (Lipinski definition) is 2. The first-order valence-electron chi connectivity index (χ1n) is 14.9. The fourth-order valence-corrected chi connectivity index (χ4v) is 6.00. The van der Waals surface area contributed by atoms with Crippen molar-refractivity contribution in [2.75, 3.05) is 32.1 Å². The number of fused-ring (bicyclic) bond motifs is 1. The summed E-state index contributed by atoms with van der Waals surface area (Å²) in [5.74, 6) is -1.94. The standard InChI is InChI=1S/C36H35Cl2N5O3.ClH/c1-42(2)19-8-20-43-31-12-7-6-11-28(31)32(24-13-15-25(16-14-24)33(39)44)40-34(36(43)46)41-35(45)29(23-9-4-3-5-10-23)21-26-17-18-27(37)22-30(26)38;/h3-7,9-18,22,29,34H,8,19-21H2,1-2H3,(H2,39,44)(H,41,45);1H. The van der Waals surface area contributed by atoms with Gasteiger partial charge in [-0.3, -0.25) is 14.4 Å². The van der Waals surface area contributed by atoms with E-state index >= 15 is 0 Å². The van der Waals surface area contributed by atoms with E-state index in [-0.39, 0.29) is 30.6 Å². The molecule has 2 unspecified atom stereocenters. The topological polar surface area (TPSA) is 108 Å². The Bertz CT molecular complexity index is 1760. The number of rotatable bonds is 11. The van der Waals surface area contributed by atoms with Gasteiger partial charge < -0.3 is 20.9 Å². The molecule has 0 saturated carbocycles. The summed E-state index contributed by atoms with van der Waals surface area (Å²) >= 11 is 12.7. The molecule has 0 aliphatic carbocycles. The van der Waals surface area contributed by atoms with Gasteiger partial charge in [0.05, 0.1) is 17.3 Å². The molecule has 2 atom stereocenters. The van der Waals surface area contributed by atoms with Crippen LogP contribution in [-0.2, 0) is 16.0 Å². The van der Waals surface area contributed by atoms with E-state index in [9.17, 15) is 14.4 Å². The van der Waals surface area contributed by atoms with Crippen LogP contribution in [-0.4, -0.2) is 61.7 Å². The van der Waals surface area contributed by atoms with E-state index in [1.54, 1.807) is 47.4 Å². The highest BCUT2D eigenvalue weighted by molar-refractivity contribution is 6.35. The van der Waals surface area contributed by atoms with Crippen molar-refractivity contribution in [1.29, 1.82) is 0 Å². The average molecular weight is 693 g/mol. The first-order valence-corrected chi connectivity index (χ1v) is 15.7. The van der Waals surface area contributed by atoms with Crippen LogP contribution in [0.1, 0.15) is 45.0 Å². The summed E-state index contributed by atoms with van der Waals surface area (Å²) < 4.78 is 0. The van der Waals surface area contributed by atoms with E-state index in [2.05, 4.69) is 10.2 Å². The number of halogens is 3. The number of benzodiazepines with no additional fused rings is 1. The highest BCUT2D eigenvalue weighted by Gasteiger charge is 2.34. The van der Waals surface area contributed by atoms with Crippen molar-refractivity contribution in [3.05, 3.63) is 135 Å². The van der Waals surface area contributed by atoms with Gasteiger partial charge in [-0.1, -0.05) is 89.9 Å². The SMILES string of the molecule is CN(C)CCCN1C(=O)C(NC(=O)C(Cc2ccc(Cl)cc2Cl)c2ccccc2)N=C(c2ccc(C(N)=O)cc2)c2ccccc21.Cl. The van der Waals surface area contributed by atoms with E-state index in [0.29, 0.717) is 45.5 Å². The number of nitrogens with one attached hydrogen (secondary N) is 1. The van der Waals surface area contributed by atoms with Gasteiger partial charge in [-0.15, -0.1) is 12.4 Å². The molecule has 1 heterocycles. The highest BCUT2D eigenvalue weighted by Crippen LogP contribution is 2.31. The largest absolute Gasteiger partial charge is 0.366 e. The maximum atomic E-state index is 14.3. The summed E-state index contributed by atoms with van der Waals surface area (Å²) in [6.45, 7) is 1.19. The second-order valence-corrected chi connectivity index (χ2v) is 12.2. The fourth-order valence-electron chi connectivity index (χ4n) is 5.51. The Labute approximate surface area is 291 Å². The molecule has 244 valence electrons. The summed E-state index contributed by atoms with van der Waals surface area (Å²) in [7, 11) is 3.96. The van der Waals surface area contributed by atoms with Crippen LogP contribution in [0, 0.1) is 0 Å². The molecule has 47 heavy (non-hydrogen) atoms. The van der Waals surface area contributed by atoms with E-state index in [1.807, 2.05) is 68.7 Å². The van der Waals surface area contributed by atoms with Gasteiger partial charge in [0.15, 0.2) is 0 Å². The number of primary amides is 1. The molecule has 0 saturated heterocycles. The number of anilines is 1. The van der Waals surface area contributed by atoms with Gasteiger partial charge in [-0.2, -0.15) is 0 Å². The first kappa shape index (κ1) is 35.6. The lowest BCUT2D eigenvalue weighted by Gasteiger charge is -2.27. The number of carbonyl (C=O) groups excluding carboxylic acids is 3. The first-order chi connectivity index (χ1) is 22.1. The molecule has 0 spiro atoms. The van der Waals surface area contributed by atoms with E-state index in [0.717, 1.165) is 23.2 Å². The van der Waals surface area contributed by atoms with E-state index in [1.165, 1.54) is 0 Å². The Kier molecular flexibility index (Phi) is 12.2. The van der Waals surface area contributed by atoms with Crippen molar-refractivity contribution in [3.8, 4) is 0 Å². The summed E-state index contributed by atoms with van der Waals surface area (Å²) in [5, 5.41) is 3.93. The fraction of sp³-hybridized carbons (Fsp3) is 0.222. The van der Waals surface area contributed by atoms with Crippen molar-refractivity contribution < 1.29 is 14.4 Å². The molecule has 0 radical (unpaired) electrons. The number of hydrogen-bond acceptors (Lipinski definition) is 5. The number of aliphatic imine (C=N–C) groups is 1. The van der Waals surface area contributed by atoms with Crippen LogP contribution < -0.4 is 16.0 Å². The molecule has 8 nitrogen and oxygen atoms in total. The van der Waals surface area contributed by atoms with Gasteiger partial charge in [0, 0.05) is 33.3 Å². The van der Waals surface area contributed by atoms with Gasteiger partial charge in [-0.05, 0) is 74.9 Å². The zero-order valence-electron chi connectivity index (χ0n) is 26.0. The van der Waals surface area contributed by atoms with Crippen LogP contribution in [0.15, 0.2) is 102 Å². The lowest BCUT2D eigenvalue weighted by atomic mass is 9.91. The quantitative estimate of drug-likeness (QED) is 0.198. The summed E-state index contributed by atoms with van der Waals surface area (Å²) in [6.07, 6.45) is -0.236. The smallest absolute Gasteiger partial charge is 0.272 e. The van der Waals surface area contributed by atoms with Crippen molar-refractivity contribution in [3.63, 3.8) is 0 Å². The molecular weight excluding hydrogens is 657 g/mol. The third-order valence-electron chi connectivity index (χ3n) is 7.87. The Hall–Kier alpha value is -4.21. The van der Waals surface area contributed by atoms with Gasteiger partial charge in [-0.25, -0.2) is 4.99 Å². The zero-order chi connectivity index (χ0) is 32.8. The van der Waals surface area contributed by atoms with Crippen LogP contribution in [0.5, 0.6) is 0 Å². The Morgan fingerprint density at radius 3 is 2.30 bits per heavy atom. The Morgan fingerprint density at radius 2 is 1.64 bits per heavy atom. The number of para-hydroxylation sites is 1. The van der Waals surface area contributed by atoms with Gasteiger partial charge in [0.2, 0.25) is 18.0 Å². The number of benzene rings is 4. The minimum atomic E-state index is -1.23. The molecule has 1 aliphatic heterocycles. The number of nitrogens with zero attached hydrogens (tertiary/aromatic N) is 3. The minimum absolute atomic E-state index is 0. The molecule has 3 amide bonds. The summed E-state index contributed by atoms with van der Waals surface area (Å²) in [6, 6.07) is 28.8. The molecule has 0 fully saturated rings. The normalized spacial score (nSPS) is 14.8. The van der Waals surface area contributed by atoms with E-state index < -0.39 is 18.0 Å². The molecule has 3 N–H and O–H groups in total. The molecule has 11 heteroatoms. The molecule has 0 bridgehead atoms. The number of nitrogens with two attached hydrogens (primary N) is 1. The maximum absolute atomic E-state index is 14.3. The third-order valence-corrected chi connectivity index (χ3v) is 8.46. The van der Waals surface area contributed by atoms with Gasteiger partial charge in [0.1, 0.15) is 0 Å². The Balaban J connectivity index is 0.00000500. The second-order valence-electron chi connectivity index (χ2n) is 11.4. The molecule has 1 aliphatic rings. The van der Waals surface area contributed by atoms with Crippen LogP contribution in [0.3, 0.4) is 0 Å². The van der Waals surface area contributed by atoms with Crippen LogP contribution >= 0.6 is 35.6 Å². The zero-order valence-corrected chi connectivity index (χ0v) is 28.4. The van der Waals surface area contributed by atoms with Gasteiger partial charge >= 0.3 is 0 Å². The second kappa shape index (κ2) is 16.1. The van der Waals surface area contributed by atoms with Crippen molar-refractivity contribution in [2.24, 2.45) is 10.7 Å². The predicted molar refractivity (Wildman–Crippen MR) is 191 cm³/mol.